The van der Waals surface area contributed by atoms with E-state index in [-0.39, 0.29) is 17.4 Å². The number of hydrogen-bond donors (Lipinski definition) is 2. The summed E-state index contributed by atoms with van der Waals surface area (Å²) in [6, 6.07) is 4.02. The maximum atomic E-state index is 12.5. The fraction of sp³-hybridized carbons (Fsp3) is 0.500. The minimum Gasteiger partial charge on any atom is -0.347 e. The second kappa shape index (κ2) is 4.31. The third-order valence-electron chi connectivity index (χ3n) is 4.94. The molecule has 0 spiro atoms. The highest BCUT2D eigenvalue weighted by molar-refractivity contribution is 5.83. The van der Waals surface area contributed by atoms with Gasteiger partial charge in [0.25, 0.3) is 0 Å². The van der Waals surface area contributed by atoms with Gasteiger partial charge in [-0.1, -0.05) is 6.07 Å². The molecule has 1 amide bonds. The van der Waals surface area contributed by atoms with Crippen LogP contribution in [-0.2, 0) is 10.3 Å². The number of aromatic nitrogens is 2. The Morgan fingerprint density at radius 1 is 1.38 bits per heavy atom. The van der Waals surface area contributed by atoms with Gasteiger partial charge in [-0.05, 0) is 50.4 Å². The zero-order chi connectivity index (χ0) is 14.6. The monoisotopic (exact) mass is 284 g/mol. The zero-order valence-corrected chi connectivity index (χ0v) is 12.3. The summed E-state index contributed by atoms with van der Waals surface area (Å²) in [5.74, 6) is 1.51. The number of fused-ring (bicyclic) bond motifs is 2. The van der Waals surface area contributed by atoms with Crippen LogP contribution < -0.4 is 10.6 Å². The van der Waals surface area contributed by atoms with Crippen molar-refractivity contribution in [3.8, 4) is 0 Å². The van der Waals surface area contributed by atoms with Gasteiger partial charge in [0.05, 0.1) is 5.54 Å². The van der Waals surface area contributed by atoms with E-state index in [1.165, 1.54) is 0 Å². The fourth-order valence-electron chi connectivity index (χ4n) is 3.56. The van der Waals surface area contributed by atoms with Crippen molar-refractivity contribution in [3.05, 3.63) is 36.3 Å². The van der Waals surface area contributed by atoms with E-state index in [9.17, 15) is 4.79 Å². The summed E-state index contributed by atoms with van der Waals surface area (Å²) in [7, 11) is 0. The van der Waals surface area contributed by atoms with Gasteiger partial charge in [0, 0.05) is 24.5 Å². The SMILES string of the molecule is CC(C)(NC(=O)[C@H]1C2CNC[C@@H]21)c1ccc2nccn2c1. The Morgan fingerprint density at radius 2 is 2.14 bits per heavy atom. The third-order valence-corrected chi connectivity index (χ3v) is 4.94. The van der Waals surface area contributed by atoms with Crippen LogP contribution in [0.15, 0.2) is 30.7 Å². The van der Waals surface area contributed by atoms with Gasteiger partial charge < -0.3 is 15.0 Å². The molecule has 0 radical (unpaired) electrons. The first kappa shape index (κ1) is 12.8. The number of carbonyl (C=O) groups is 1. The van der Waals surface area contributed by atoms with Gasteiger partial charge in [0.15, 0.2) is 0 Å². The predicted octanol–water partition coefficient (Wildman–Crippen LogP) is 1.15. The lowest BCUT2D eigenvalue weighted by molar-refractivity contribution is -0.124. The van der Waals surface area contributed by atoms with Gasteiger partial charge in [-0.3, -0.25) is 4.79 Å². The fourth-order valence-corrected chi connectivity index (χ4v) is 3.56. The number of rotatable bonds is 3. The Bertz CT molecular complexity index is 695. The van der Waals surface area contributed by atoms with Crippen molar-refractivity contribution >= 4 is 11.6 Å². The number of nitrogens with zero attached hydrogens (tertiary/aromatic N) is 2. The molecule has 1 unspecified atom stereocenters. The highest BCUT2D eigenvalue weighted by Crippen LogP contribution is 2.49. The van der Waals surface area contributed by atoms with Crippen LogP contribution in [0.4, 0.5) is 0 Å². The Hall–Kier alpha value is -1.88. The van der Waals surface area contributed by atoms with Crippen molar-refractivity contribution < 1.29 is 4.79 Å². The lowest BCUT2D eigenvalue weighted by Crippen LogP contribution is -2.43. The van der Waals surface area contributed by atoms with Gasteiger partial charge >= 0.3 is 0 Å². The smallest absolute Gasteiger partial charge is 0.224 e. The molecule has 0 aromatic carbocycles. The Balaban J connectivity index is 1.53. The molecule has 2 aliphatic rings. The van der Waals surface area contributed by atoms with Crippen LogP contribution in [0.2, 0.25) is 0 Å². The van der Waals surface area contributed by atoms with Crippen LogP contribution in [0.25, 0.3) is 5.65 Å². The summed E-state index contributed by atoms with van der Waals surface area (Å²) in [6.45, 7) is 6.09. The molecule has 2 aromatic heterocycles. The number of nitrogens with one attached hydrogen (secondary N) is 2. The van der Waals surface area contributed by atoms with Crippen LogP contribution in [0.3, 0.4) is 0 Å². The lowest BCUT2D eigenvalue weighted by atomic mass is 9.95. The molecule has 5 nitrogen and oxygen atoms in total. The first-order chi connectivity index (χ1) is 10.1. The molecule has 110 valence electrons. The zero-order valence-electron chi connectivity index (χ0n) is 12.3. The number of amides is 1. The predicted molar refractivity (Wildman–Crippen MR) is 79.7 cm³/mol. The molecular weight excluding hydrogens is 264 g/mol. The molecule has 21 heavy (non-hydrogen) atoms. The van der Waals surface area contributed by atoms with Crippen LogP contribution in [0.1, 0.15) is 19.4 Å². The molecule has 3 atom stereocenters. The number of piperidine rings is 1. The first-order valence-electron chi connectivity index (χ1n) is 7.52. The summed E-state index contributed by atoms with van der Waals surface area (Å²) >= 11 is 0. The molecule has 0 bridgehead atoms. The van der Waals surface area contributed by atoms with Crippen molar-refractivity contribution in [2.24, 2.45) is 17.8 Å². The standard InChI is InChI=1S/C16H20N4O/c1-16(2,10-3-4-13-18-5-6-20(13)9-10)19-15(21)14-11-7-17-8-12(11)14/h3-6,9,11-12,14,17H,7-8H2,1-2H3,(H,19,21)/t11-,12?,14+/m0/s1. The van der Waals surface area contributed by atoms with Crippen molar-refractivity contribution in [2.75, 3.05) is 13.1 Å². The molecule has 4 rings (SSSR count). The van der Waals surface area contributed by atoms with E-state index < -0.39 is 0 Å². The minimum absolute atomic E-state index is 0.197. The number of imidazole rings is 1. The number of hydrogen-bond acceptors (Lipinski definition) is 3. The molecule has 1 saturated heterocycles. The van der Waals surface area contributed by atoms with E-state index in [1.54, 1.807) is 6.20 Å². The summed E-state index contributed by atoms with van der Waals surface area (Å²) < 4.78 is 1.99. The van der Waals surface area contributed by atoms with E-state index in [2.05, 4.69) is 29.5 Å². The molecule has 3 heterocycles. The van der Waals surface area contributed by atoms with E-state index in [0.29, 0.717) is 11.8 Å². The van der Waals surface area contributed by atoms with E-state index in [4.69, 9.17) is 0 Å². The van der Waals surface area contributed by atoms with Crippen LogP contribution >= 0.6 is 0 Å². The third kappa shape index (κ3) is 2.03. The molecule has 1 saturated carbocycles. The molecule has 1 aliphatic carbocycles. The van der Waals surface area contributed by atoms with Gasteiger partial charge in [-0.15, -0.1) is 0 Å². The second-order valence-corrected chi connectivity index (χ2v) is 6.74. The molecule has 2 aromatic rings. The van der Waals surface area contributed by atoms with E-state index >= 15 is 0 Å². The first-order valence-corrected chi connectivity index (χ1v) is 7.52. The summed E-state index contributed by atoms with van der Waals surface area (Å²) in [5.41, 5.74) is 1.63. The maximum absolute atomic E-state index is 12.5. The second-order valence-electron chi connectivity index (χ2n) is 6.74. The molecule has 2 fully saturated rings. The average molecular weight is 284 g/mol. The van der Waals surface area contributed by atoms with Crippen LogP contribution in [0, 0.1) is 17.8 Å². The Kier molecular flexibility index (Phi) is 2.63. The van der Waals surface area contributed by atoms with E-state index in [0.717, 1.165) is 24.3 Å². The normalized spacial score (nSPS) is 27.6. The van der Waals surface area contributed by atoms with Crippen LogP contribution in [0.5, 0.6) is 0 Å². The van der Waals surface area contributed by atoms with E-state index in [1.807, 2.05) is 28.9 Å². The van der Waals surface area contributed by atoms with Crippen LogP contribution in [-0.4, -0.2) is 28.4 Å². The highest BCUT2D eigenvalue weighted by Gasteiger charge is 2.57. The largest absolute Gasteiger partial charge is 0.347 e. The molecular formula is C16H20N4O. The Labute approximate surface area is 123 Å². The van der Waals surface area contributed by atoms with Crippen molar-refractivity contribution in [1.82, 2.24) is 20.0 Å². The summed E-state index contributed by atoms with van der Waals surface area (Å²) in [6.07, 6.45) is 5.74. The molecule has 2 N–H and O–H groups in total. The van der Waals surface area contributed by atoms with Gasteiger partial charge in [0.2, 0.25) is 5.91 Å². The van der Waals surface area contributed by atoms with Gasteiger partial charge in [0.1, 0.15) is 5.65 Å². The topological polar surface area (TPSA) is 58.4 Å². The summed E-state index contributed by atoms with van der Waals surface area (Å²) in [5, 5.41) is 6.55. The number of carbonyl (C=O) groups excluding carboxylic acids is 1. The quantitative estimate of drug-likeness (QED) is 0.889. The minimum atomic E-state index is -0.375. The van der Waals surface area contributed by atoms with Gasteiger partial charge in [-0.2, -0.15) is 0 Å². The number of pyridine rings is 1. The lowest BCUT2D eigenvalue weighted by Gasteiger charge is -2.27. The average Bonchev–Trinajstić information content (AvgIpc) is 2.83. The maximum Gasteiger partial charge on any atom is 0.224 e. The van der Waals surface area contributed by atoms with Crippen molar-refractivity contribution in [2.45, 2.75) is 19.4 Å². The van der Waals surface area contributed by atoms with Gasteiger partial charge in [-0.25, -0.2) is 4.98 Å². The van der Waals surface area contributed by atoms with Crippen molar-refractivity contribution in [1.29, 1.82) is 0 Å². The highest BCUT2D eigenvalue weighted by atomic mass is 16.2. The molecule has 1 aliphatic heterocycles. The summed E-state index contributed by atoms with van der Waals surface area (Å²) in [4.78, 5) is 16.7. The Morgan fingerprint density at radius 3 is 2.90 bits per heavy atom. The molecule has 5 heteroatoms. The van der Waals surface area contributed by atoms with Crippen molar-refractivity contribution in [3.63, 3.8) is 0 Å².